The lowest BCUT2D eigenvalue weighted by Gasteiger charge is -2.13. The largest absolute Gasteiger partial charge is 0.350 e. The average Bonchev–Trinajstić information content (AvgIpc) is 2.79. The van der Waals surface area contributed by atoms with Crippen molar-refractivity contribution >= 4 is 10.9 Å². The van der Waals surface area contributed by atoms with Gasteiger partial charge in [0, 0.05) is 48.5 Å². The summed E-state index contributed by atoms with van der Waals surface area (Å²) in [6, 6.07) is 14.4. The third-order valence-corrected chi connectivity index (χ3v) is 3.58. The molecule has 2 heterocycles. The van der Waals surface area contributed by atoms with Gasteiger partial charge < -0.3 is 10.3 Å². The molecule has 3 nitrogen and oxygen atoms in total. The number of hydrogen-bond acceptors (Lipinski definition) is 2. The van der Waals surface area contributed by atoms with Gasteiger partial charge in [-0.1, -0.05) is 24.3 Å². The molecule has 0 radical (unpaired) electrons. The minimum absolute atomic E-state index is 0.146. The highest BCUT2D eigenvalue weighted by Gasteiger charge is 2.18. The van der Waals surface area contributed by atoms with E-state index in [1.165, 1.54) is 16.5 Å². The van der Waals surface area contributed by atoms with Crippen LogP contribution in [0, 0.1) is 0 Å². The van der Waals surface area contributed by atoms with E-state index in [0.717, 1.165) is 5.69 Å². The third-order valence-electron chi connectivity index (χ3n) is 3.58. The molecule has 19 heavy (non-hydrogen) atoms. The summed E-state index contributed by atoms with van der Waals surface area (Å²) in [5, 5.41) is 1.26. The fraction of sp³-hybridized carbons (Fsp3) is 0.188. The smallest absolute Gasteiger partial charge is 0.0491 e. The molecule has 3 rings (SSSR count). The van der Waals surface area contributed by atoms with Gasteiger partial charge in [-0.2, -0.15) is 0 Å². The topological polar surface area (TPSA) is 43.8 Å². The van der Waals surface area contributed by atoms with Crippen LogP contribution in [-0.4, -0.2) is 16.1 Å². The summed E-state index contributed by atoms with van der Waals surface area (Å²) < 4.78 is 2.15. The maximum absolute atomic E-state index is 5.99. The minimum Gasteiger partial charge on any atom is -0.350 e. The van der Waals surface area contributed by atoms with Crippen molar-refractivity contribution in [3.05, 3.63) is 66.1 Å². The second kappa shape index (κ2) is 4.86. The number of nitrogens with zero attached hydrogens (tertiary/aromatic N) is 2. The second-order valence-corrected chi connectivity index (χ2v) is 4.76. The molecule has 2 aromatic heterocycles. The highest BCUT2D eigenvalue weighted by atomic mass is 14.9. The van der Waals surface area contributed by atoms with Crippen LogP contribution in [0.1, 0.15) is 17.2 Å². The molecule has 3 heteroatoms. The molecule has 0 bridgehead atoms. The molecule has 1 atom stereocenters. The minimum atomic E-state index is 0.146. The summed E-state index contributed by atoms with van der Waals surface area (Å²) in [5.41, 5.74) is 9.49. The first kappa shape index (κ1) is 11.9. The van der Waals surface area contributed by atoms with Crippen molar-refractivity contribution in [2.75, 3.05) is 6.54 Å². The van der Waals surface area contributed by atoms with Gasteiger partial charge >= 0.3 is 0 Å². The maximum atomic E-state index is 5.99. The number of nitrogens with two attached hydrogens (primary N) is 1. The quantitative estimate of drug-likeness (QED) is 0.777. The molecule has 2 N–H and O–H groups in total. The number of fused-ring (bicyclic) bond motifs is 1. The van der Waals surface area contributed by atoms with Crippen LogP contribution in [0.3, 0.4) is 0 Å². The Morgan fingerprint density at radius 2 is 1.95 bits per heavy atom. The average molecular weight is 251 g/mol. The molecule has 0 aliphatic rings. The zero-order valence-electron chi connectivity index (χ0n) is 11.0. The number of rotatable bonds is 3. The maximum Gasteiger partial charge on any atom is 0.0491 e. The zero-order chi connectivity index (χ0) is 13.2. The summed E-state index contributed by atoms with van der Waals surface area (Å²) in [6.45, 7) is 0.561. The predicted molar refractivity (Wildman–Crippen MR) is 78.1 cm³/mol. The van der Waals surface area contributed by atoms with E-state index < -0.39 is 0 Å². The van der Waals surface area contributed by atoms with Crippen molar-refractivity contribution in [2.24, 2.45) is 12.8 Å². The Balaban J connectivity index is 2.17. The van der Waals surface area contributed by atoms with Crippen LogP contribution in [0.5, 0.6) is 0 Å². The summed E-state index contributed by atoms with van der Waals surface area (Å²) in [6.07, 6.45) is 3.99. The number of benzene rings is 1. The Hall–Kier alpha value is -2.13. The van der Waals surface area contributed by atoms with Gasteiger partial charge in [-0.3, -0.25) is 4.98 Å². The Labute approximate surface area is 112 Å². The Morgan fingerprint density at radius 3 is 2.68 bits per heavy atom. The second-order valence-electron chi connectivity index (χ2n) is 4.76. The van der Waals surface area contributed by atoms with Crippen molar-refractivity contribution in [3.63, 3.8) is 0 Å². The molecular formula is C16H17N3. The molecule has 0 amide bonds. The van der Waals surface area contributed by atoms with Gasteiger partial charge in [-0.15, -0.1) is 0 Å². The van der Waals surface area contributed by atoms with Gasteiger partial charge in [0.05, 0.1) is 0 Å². The first-order valence-electron chi connectivity index (χ1n) is 6.46. The molecule has 0 fully saturated rings. The lowest BCUT2D eigenvalue weighted by Crippen LogP contribution is -2.14. The summed E-state index contributed by atoms with van der Waals surface area (Å²) in [7, 11) is 2.07. The van der Waals surface area contributed by atoms with Crippen molar-refractivity contribution in [1.82, 2.24) is 9.55 Å². The summed E-state index contributed by atoms with van der Waals surface area (Å²) in [4.78, 5) is 4.45. The Bertz CT molecular complexity index is 686. The van der Waals surface area contributed by atoms with Crippen LogP contribution in [-0.2, 0) is 7.05 Å². The zero-order valence-corrected chi connectivity index (χ0v) is 11.0. The Kier molecular flexibility index (Phi) is 3.05. The highest BCUT2D eigenvalue weighted by molar-refractivity contribution is 5.84. The standard InChI is InChI=1S/C16H17N3/c1-19-11-14(12-6-2-3-8-16(12)19)13(10-17)15-7-4-5-9-18-15/h2-9,11,13H,10,17H2,1H3. The van der Waals surface area contributed by atoms with Gasteiger partial charge in [0.15, 0.2) is 0 Å². The SMILES string of the molecule is Cn1cc(C(CN)c2ccccn2)c2ccccc21. The molecule has 1 unspecified atom stereocenters. The van der Waals surface area contributed by atoms with E-state index in [-0.39, 0.29) is 5.92 Å². The van der Waals surface area contributed by atoms with E-state index in [1.807, 2.05) is 24.4 Å². The summed E-state index contributed by atoms with van der Waals surface area (Å²) in [5.74, 6) is 0.146. The molecule has 1 aromatic carbocycles. The lowest BCUT2D eigenvalue weighted by molar-refractivity contribution is 0.786. The van der Waals surface area contributed by atoms with Crippen molar-refractivity contribution < 1.29 is 0 Å². The van der Waals surface area contributed by atoms with E-state index in [0.29, 0.717) is 6.54 Å². The van der Waals surface area contributed by atoms with Crippen molar-refractivity contribution in [3.8, 4) is 0 Å². The van der Waals surface area contributed by atoms with E-state index in [1.54, 1.807) is 0 Å². The van der Waals surface area contributed by atoms with E-state index in [4.69, 9.17) is 5.73 Å². The van der Waals surface area contributed by atoms with Crippen LogP contribution in [0.15, 0.2) is 54.9 Å². The van der Waals surface area contributed by atoms with Crippen molar-refractivity contribution in [2.45, 2.75) is 5.92 Å². The number of pyridine rings is 1. The predicted octanol–water partition coefficient (Wildman–Crippen LogP) is 2.66. The van der Waals surface area contributed by atoms with E-state index >= 15 is 0 Å². The van der Waals surface area contributed by atoms with E-state index in [2.05, 4.69) is 47.1 Å². The first-order chi connectivity index (χ1) is 9.31. The van der Waals surface area contributed by atoms with Crippen LogP contribution in [0.25, 0.3) is 10.9 Å². The number of aryl methyl sites for hydroxylation is 1. The first-order valence-corrected chi connectivity index (χ1v) is 6.46. The number of para-hydroxylation sites is 1. The number of hydrogen-bond donors (Lipinski definition) is 1. The van der Waals surface area contributed by atoms with Gasteiger partial charge in [0.25, 0.3) is 0 Å². The van der Waals surface area contributed by atoms with Gasteiger partial charge in [0.1, 0.15) is 0 Å². The fourth-order valence-electron chi connectivity index (χ4n) is 2.64. The summed E-state index contributed by atoms with van der Waals surface area (Å²) >= 11 is 0. The van der Waals surface area contributed by atoms with Crippen LogP contribution < -0.4 is 5.73 Å². The fourth-order valence-corrected chi connectivity index (χ4v) is 2.64. The monoisotopic (exact) mass is 251 g/mol. The molecule has 0 aliphatic carbocycles. The highest BCUT2D eigenvalue weighted by Crippen LogP contribution is 2.30. The molecule has 0 saturated heterocycles. The van der Waals surface area contributed by atoms with Crippen LogP contribution in [0.4, 0.5) is 0 Å². The molecule has 96 valence electrons. The molecule has 0 saturated carbocycles. The van der Waals surface area contributed by atoms with Crippen LogP contribution in [0.2, 0.25) is 0 Å². The Morgan fingerprint density at radius 1 is 1.16 bits per heavy atom. The molecular weight excluding hydrogens is 234 g/mol. The molecule has 0 aliphatic heterocycles. The van der Waals surface area contributed by atoms with Crippen molar-refractivity contribution in [1.29, 1.82) is 0 Å². The number of aromatic nitrogens is 2. The molecule has 0 spiro atoms. The lowest BCUT2D eigenvalue weighted by atomic mass is 9.95. The van der Waals surface area contributed by atoms with Crippen LogP contribution >= 0.6 is 0 Å². The van der Waals surface area contributed by atoms with Gasteiger partial charge in [0.2, 0.25) is 0 Å². The van der Waals surface area contributed by atoms with Gasteiger partial charge in [-0.25, -0.2) is 0 Å². The molecule has 3 aromatic rings. The normalized spacial score (nSPS) is 12.7. The van der Waals surface area contributed by atoms with E-state index in [9.17, 15) is 0 Å². The van der Waals surface area contributed by atoms with Gasteiger partial charge in [-0.05, 0) is 23.8 Å². The third kappa shape index (κ3) is 2.02.